The third-order valence-corrected chi connectivity index (χ3v) is 1.90. The molecule has 1 heterocycles. The van der Waals surface area contributed by atoms with Crippen molar-refractivity contribution in [3.63, 3.8) is 0 Å². The van der Waals surface area contributed by atoms with Gasteiger partial charge in [-0.3, -0.25) is 0 Å². The molecule has 6 heteroatoms. The standard InChI is InChI=1S/C11H13N3O3/c1-2-5-12-11(17)14-7-8-3-4-9(10(15)16)13-6-8/h2-4,6H,1,5,7H2,(H,15,16)(H2,12,14,17). The number of carboxylic acid groups (broad SMARTS) is 1. The summed E-state index contributed by atoms with van der Waals surface area (Å²) in [6.07, 6.45) is 2.99. The summed E-state index contributed by atoms with van der Waals surface area (Å²) < 4.78 is 0. The zero-order valence-electron chi connectivity index (χ0n) is 9.14. The Kier molecular flexibility index (Phi) is 4.68. The maximum absolute atomic E-state index is 11.2. The summed E-state index contributed by atoms with van der Waals surface area (Å²) in [6, 6.07) is 2.68. The van der Waals surface area contributed by atoms with Crippen LogP contribution in [0.2, 0.25) is 0 Å². The van der Waals surface area contributed by atoms with Crippen molar-refractivity contribution >= 4 is 12.0 Å². The Morgan fingerprint density at radius 3 is 2.71 bits per heavy atom. The van der Waals surface area contributed by atoms with Crippen LogP contribution < -0.4 is 10.6 Å². The highest BCUT2D eigenvalue weighted by molar-refractivity contribution is 5.85. The quantitative estimate of drug-likeness (QED) is 0.657. The molecule has 0 radical (unpaired) electrons. The molecule has 0 atom stereocenters. The molecule has 0 bridgehead atoms. The van der Waals surface area contributed by atoms with Crippen molar-refractivity contribution in [2.45, 2.75) is 6.54 Å². The molecule has 0 aliphatic carbocycles. The lowest BCUT2D eigenvalue weighted by molar-refractivity contribution is 0.0690. The molecule has 0 spiro atoms. The molecule has 6 nitrogen and oxygen atoms in total. The Morgan fingerprint density at radius 1 is 1.41 bits per heavy atom. The maximum atomic E-state index is 11.2. The van der Waals surface area contributed by atoms with E-state index in [2.05, 4.69) is 22.2 Å². The van der Waals surface area contributed by atoms with Crippen molar-refractivity contribution in [2.24, 2.45) is 0 Å². The molecule has 1 aromatic rings. The number of amides is 2. The van der Waals surface area contributed by atoms with Gasteiger partial charge in [-0.25, -0.2) is 14.6 Å². The number of carbonyl (C=O) groups is 2. The molecule has 0 aliphatic rings. The maximum Gasteiger partial charge on any atom is 0.354 e. The monoisotopic (exact) mass is 235 g/mol. The number of hydrogen-bond donors (Lipinski definition) is 3. The number of nitrogens with zero attached hydrogens (tertiary/aromatic N) is 1. The Hall–Kier alpha value is -2.37. The van der Waals surface area contributed by atoms with E-state index in [9.17, 15) is 9.59 Å². The van der Waals surface area contributed by atoms with Crippen LogP contribution in [0.1, 0.15) is 16.1 Å². The topological polar surface area (TPSA) is 91.3 Å². The number of pyridine rings is 1. The minimum atomic E-state index is -1.08. The second-order valence-corrected chi connectivity index (χ2v) is 3.21. The summed E-state index contributed by atoms with van der Waals surface area (Å²) >= 11 is 0. The molecule has 0 fully saturated rings. The predicted octanol–water partition coefficient (Wildman–Crippen LogP) is 0.765. The van der Waals surface area contributed by atoms with Crippen LogP contribution >= 0.6 is 0 Å². The number of aromatic carboxylic acids is 1. The fourth-order valence-electron chi connectivity index (χ4n) is 1.07. The fraction of sp³-hybridized carbons (Fsp3) is 0.182. The number of urea groups is 1. The minimum Gasteiger partial charge on any atom is -0.477 e. The Morgan fingerprint density at radius 2 is 2.18 bits per heavy atom. The number of aromatic nitrogens is 1. The number of carbonyl (C=O) groups excluding carboxylic acids is 1. The first-order valence-corrected chi connectivity index (χ1v) is 4.94. The van der Waals surface area contributed by atoms with Gasteiger partial charge in [-0.1, -0.05) is 12.1 Å². The van der Waals surface area contributed by atoms with Crippen LogP contribution in [0.15, 0.2) is 31.0 Å². The summed E-state index contributed by atoms with van der Waals surface area (Å²) in [7, 11) is 0. The number of nitrogens with one attached hydrogen (secondary N) is 2. The highest BCUT2D eigenvalue weighted by atomic mass is 16.4. The van der Waals surface area contributed by atoms with Crippen LogP contribution in [-0.4, -0.2) is 28.6 Å². The number of hydrogen-bond acceptors (Lipinski definition) is 3. The second-order valence-electron chi connectivity index (χ2n) is 3.21. The van der Waals surface area contributed by atoms with Crippen molar-refractivity contribution in [1.82, 2.24) is 15.6 Å². The Balaban J connectivity index is 2.44. The summed E-state index contributed by atoms with van der Waals surface area (Å²) in [4.78, 5) is 25.4. The van der Waals surface area contributed by atoms with Gasteiger partial charge in [-0.05, 0) is 11.6 Å². The summed E-state index contributed by atoms with van der Waals surface area (Å²) in [5, 5.41) is 13.8. The molecule has 2 amide bonds. The van der Waals surface area contributed by atoms with E-state index in [1.807, 2.05) is 0 Å². The van der Waals surface area contributed by atoms with E-state index < -0.39 is 5.97 Å². The second kappa shape index (κ2) is 6.26. The molecule has 0 aromatic carbocycles. The van der Waals surface area contributed by atoms with Crippen molar-refractivity contribution < 1.29 is 14.7 Å². The van der Waals surface area contributed by atoms with Crippen LogP contribution in [0.3, 0.4) is 0 Å². The van der Waals surface area contributed by atoms with Gasteiger partial charge in [-0.2, -0.15) is 0 Å². The van der Waals surface area contributed by atoms with Crippen LogP contribution in [0.4, 0.5) is 4.79 Å². The van der Waals surface area contributed by atoms with Crippen LogP contribution in [0.25, 0.3) is 0 Å². The van der Waals surface area contributed by atoms with E-state index in [-0.39, 0.29) is 18.3 Å². The van der Waals surface area contributed by atoms with E-state index in [1.165, 1.54) is 12.3 Å². The molecular formula is C11H13N3O3. The first-order chi connectivity index (χ1) is 8.13. The molecule has 0 saturated heterocycles. The van der Waals surface area contributed by atoms with Gasteiger partial charge in [0.2, 0.25) is 0 Å². The van der Waals surface area contributed by atoms with Gasteiger partial charge >= 0.3 is 12.0 Å². The number of rotatable bonds is 5. The first kappa shape index (κ1) is 12.7. The summed E-state index contributed by atoms with van der Waals surface area (Å²) in [5.74, 6) is -1.08. The summed E-state index contributed by atoms with van der Waals surface area (Å²) in [6.45, 7) is 4.15. The normalized spacial score (nSPS) is 9.41. The van der Waals surface area contributed by atoms with E-state index >= 15 is 0 Å². The zero-order valence-corrected chi connectivity index (χ0v) is 9.14. The molecule has 90 valence electrons. The third-order valence-electron chi connectivity index (χ3n) is 1.90. The summed E-state index contributed by atoms with van der Waals surface area (Å²) in [5.41, 5.74) is 0.702. The van der Waals surface area contributed by atoms with Crippen molar-refractivity contribution in [3.05, 3.63) is 42.2 Å². The Bertz CT molecular complexity index is 414. The zero-order chi connectivity index (χ0) is 12.7. The van der Waals surface area contributed by atoms with Crippen molar-refractivity contribution in [3.8, 4) is 0 Å². The third kappa shape index (κ3) is 4.33. The molecule has 1 aromatic heterocycles. The first-order valence-electron chi connectivity index (χ1n) is 4.94. The lowest BCUT2D eigenvalue weighted by atomic mass is 10.2. The lowest BCUT2D eigenvalue weighted by Crippen LogP contribution is -2.34. The van der Waals surface area contributed by atoms with Crippen molar-refractivity contribution in [2.75, 3.05) is 6.54 Å². The SMILES string of the molecule is C=CCNC(=O)NCc1ccc(C(=O)O)nc1. The highest BCUT2D eigenvalue weighted by Crippen LogP contribution is 1.99. The fourth-order valence-corrected chi connectivity index (χ4v) is 1.07. The van der Waals surface area contributed by atoms with Gasteiger partial charge in [0.1, 0.15) is 5.69 Å². The molecule has 3 N–H and O–H groups in total. The highest BCUT2D eigenvalue weighted by Gasteiger charge is 2.04. The molecule has 0 saturated carbocycles. The minimum absolute atomic E-state index is 0.0233. The molecule has 1 rings (SSSR count). The molecule has 0 unspecified atom stereocenters. The lowest BCUT2D eigenvalue weighted by Gasteiger charge is -2.05. The van der Waals surface area contributed by atoms with Gasteiger partial charge in [0.15, 0.2) is 0 Å². The number of carboxylic acids is 1. The van der Waals surface area contributed by atoms with E-state index in [0.29, 0.717) is 6.54 Å². The van der Waals surface area contributed by atoms with Gasteiger partial charge in [-0.15, -0.1) is 6.58 Å². The van der Waals surface area contributed by atoms with Gasteiger partial charge in [0.25, 0.3) is 0 Å². The molecule has 17 heavy (non-hydrogen) atoms. The largest absolute Gasteiger partial charge is 0.477 e. The smallest absolute Gasteiger partial charge is 0.354 e. The van der Waals surface area contributed by atoms with Crippen LogP contribution in [0.5, 0.6) is 0 Å². The van der Waals surface area contributed by atoms with Crippen molar-refractivity contribution in [1.29, 1.82) is 0 Å². The van der Waals surface area contributed by atoms with Gasteiger partial charge < -0.3 is 15.7 Å². The van der Waals surface area contributed by atoms with E-state index in [4.69, 9.17) is 5.11 Å². The Labute approximate surface area is 98.4 Å². The average molecular weight is 235 g/mol. The van der Waals surface area contributed by atoms with E-state index in [1.54, 1.807) is 12.1 Å². The van der Waals surface area contributed by atoms with Crippen LogP contribution in [0, 0.1) is 0 Å². The van der Waals surface area contributed by atoms with Gasteiger partial charge in [0, 0.05) is 19.3 Å². The predicted molar refractivity (Wildman–Crippen MR) is 61.6 cm³/mol. The van der Waals surface area contributed by atoms with Crippen LogP contribution in [-0.2, 0) is 6.54 Å². The van der Waals surface area contributed by atoms with Gasteiger partial charge in [0.05, 0.1) is 0 Å². The average Bonchev–Trinajstić information content (AvgIpc) is 2.34. The molecular weight excluding hydrogens is 222 g/mol. The van der Waals surface area contributed by atoms with E-state index in [0.717, 1.165) is 5.56 Å². The molecule has 0 aliphatic heterocycles.